The van der Waals surface area contributed by atoms with Crippen LogP contribution in [0, 0.1) is 11.3 Å². The molecule has 0 aromatic heterocycles. The molecule has 1 N–H and O–H groups in total. The summed E-state index contributed by atoms with van der Waals surface area (Å²) in [5.74, 6) is -1.10. The predicted octanol–water partition coefficient (Wildman–Crippen LogP) is 0.151. The normalized spacial score (nSPS) is 8.43. The summed E-state index contributed by atoms with van der Waals surface area (Å²) in [7, 11) is 0. The lowest BCUT2D eigenvalue weighted by atomic mass is 10.5. The molecule has 0 fully saturated rings. The molecule has 0 atom stereocenters. The van der Waals surface area contributed by atoms with Gasteiger partial charge in [0.15, 0.2) is 0 Å². The maximum Gasteiger partial charge on any atom is 0.329 e. The van der Waals surface area contributed by atoms with E-state index in [4.69, 9.17) is 10.4 Å². The number of allylic oxidation sites excluding steroid dienone is 1. The minimum Gasteiger partial charge on any atom is -0.478 e. The summed E-state index contributed by atoms with van der Waals surface area (Å²) in [6.07, 6.45) is 1.68. The maximum atomic E-state index is 9.52. The highest BCUT2D eigenvalue weighted by molar-refractivity contribution is 5.80. The molecule has 36 valence electrons. The van der Waals surface area contributed by atoms with Crippen LogP contribution in [0.5, 0.6) is 0 Å². The Labute approximate surface area is 40.5 Å². The van der Waals surface area contributed by atoms with Crippen LogP contribution in [0.15, 0.2) is 12.2 Å². The van der Waals surface area contributed by atoms with Gasteiger partial charge >= 0.3 is 5.97 Å². The van der Waals surface area contributed by atoms with E-state index in [0.717, 1.165) is 12.2 Å². The number of nitrogens with zero attached hydrogens (tertiary/aromatic N) is 1. The predicted molar refractivity (Wildman–Crippen MR) is 22.4 cm³/mol. The van der Waals surface area contributed by atoms with E-state index in [9.17, 15) is 4.79 Å². The molecule has 0 amide bonds. The van der Waals surface area contributed by atoms with Crippen LogP contribution < -0.4 is 0 Å². The Kier molecular flexibility index (Phi) is 2.37. The van der Waals surface area contributed by atoms with Crippen molar-refractivity contribution in [2.75, 3.05) is 0 Å². The highest BCUT2D eigenvalue weighted by atomic mass is 16.4. The smallest absolute Gasteiger partial charge is 0.329 e. The van der Waals surface area contributed by atoms with Crippen LogP contribution in [0.3, 0.4) is 0 Å². The Morgan fingerprint density at radius 1 is 1.86 bits per heavy atom. The van der Waals surface area contributed by atoms with Crippen molar-refractivity contribution in [2.24, 2.45) is 0 Å². The van der Waals surface area contributed by atoms with Crippen LogP contribution in [0.2, 0.25) is 0 Å². The SMILES string of the molecule is N#C/C=C/C(=O)O. The van der Waals surface area contributed by atoms with Gasteiger partial charge in [0.2, 0.25) is 0 Å². The lowest BCUT2D eigenvalue weighted by molar-refractivity contribution is -0.131. The van der Waals surface area contributed by atoms with Crippen molar-refractivity contribution in [3.05, 3.63) is 12.2 Å². The van der Waals surface area contributed by atoms with Crippen LogP contribution in [-0.4, -0.2) is 11.1 Å². The molecule has 0 rings (SSSR count). The second-order valence-corrected chi connectivity index (χ2v) is 0.801. The fourth-order valence-electron chi connectivity index (χ4n) is 0.109. The third-order valence-electron chi connectivity index (χ3n) is 0.300. The monoisotopic (exact) mass is 97.0 g/mol. The van der Waals surface area contributed by atoms with E-state index in [1.807, 2.05) is 0 Å². The van der Waals surface area contributed by atoms with E-state index in [1.165, 1.54) is 6.07 Å². The summed E-state index contributed by atoms with van der Waals surface area (Å²) >= 11 is 0. The van der Waals surface area contributed by atoms with Crippen molar-refractivity contribution in [2.45, 2.75) is 0 Å². The highest BCUT2D eigenvalue weighted by Gasteiger charge is 1.79. The van der Waals surface area contributed by atoms with E-state index >= 15 is 0 Å². The lowest BCUT2D eigenvalue weighted by Crippen LogP contribution is -1.83. The van der Waals surface area contributed by atoms with Gasteiger partial charge in [-0.25, -0.2) is 4.79 Å². The highest BCUT2D eigenvalue weighted by Crippen LogP contribution is 1.66. The van der Waals surface area contributed by atoms with Gasteiger partial charge in [0, 0.05) is 12.2 Å². The van der Waals surface area contributed by atoms with Crippen LogP contribution in [0.4, 0.5) is 0 Å². The molecule has 0 radical (unpaired) electrons. The molecule has 0 aliphatic heterocycles. The lowest BCUT2D eigenvalue weighted by Gasteiger charge is -1.67. The van der Waals surface area contributed by atoms with E-state index in [2.05, 4.69) is 0 Å². The van der Waals surface area contributed by atoms with Gasteiger partial charge < -0.3 is 5.11 Å². The van der Waals surface area contributed by atoms with Crippen molar-refractivity contribution in [1.29, 1.82) is 5.26 Å². The molecule has 3 heteroatoms. The molecular weight excluding hydrogens is 94.0 g/mol. The second-order valence-electron chi connectivity index (χ2n) is 0.801. The first-order valence-electron chi connectivity index (χ1n) is 1.56. The molecule has 0 saturated heterocycles. The molecule has 0 heterocycles. The molecule has 0 unspecified atom stereocenters. The molecular formula is C4H3NO2. The Bertz CT molecular complexity index is 131. The van der Waals surface area contributed by atoms with Gasteiger partial charge in [0.05, 0.1) is 6.07 Å². The van der Waals surface area contributed by atoms with Gasteiger partial charge in [0.25, 0.3) is 0 Å². The summed E-state index contributed by atoms with van der Waals surface area (Å²) in [6, 6.07) is 1.54. The molecule has 0 saturated carbocycles. The molecule has 0 aliphatic carbocycles. The van der Waals surface area contributed by atoms with E-state index in [-0.39, 0.29) is 0 Å². The number of nitriles is 1. The molecule has 0 aromatic carbocycles. The molecule has 3 nitrogen and oxygen atoms in total. The van der Waals surface area contributed by atoms with E-state index in [0.29, 0.717) is 0 Å². The number of hydrogen-bond donors (Lipinski definition) is 1. The number of rotatable bonds is 1. The Hall–Kier alpha value is -1.30. The number of hydrogen-bond acceptors (Lipinski definition) is 2. The first-order chi connectivity index (χ1) is 3.27. The van der Waals surface area contributed by atoms with Crippen molar-refractivity contribution < 1.29 is 9.90 Å². The molecule has 0 bridgehead atoms. The van der Waals surface area contributed by atoms with Crippen LogP contribution in [0.1, 0.15) is 0 Å². The summed E-state index contributed by atoms with van der Waals surface area (Å²) < 4.78 is 0. The average molecular weight is 97.1 g/mol. The fourth-order valence-corrected chi connectivity index (χ4v) is 0.109. The number of carboxylic acids is 1. The molecule has 0 aliphatic rings. The van der Waals surface area contributed by atoms with Crippen molar-refractivity contribution in [3.63, 3.8) is 0 Å². The summed E-state index contributed by atoms with van der Waals surface area (Å²) in [6.45, 7) is 0. The van der Waals surface area contributed by atoms with Gasteiger partial charge in [-0.15, -0.1) is 0 Å². The summed E-state index contributed by atoms with van der Waals surface area (Å²) in [5.41, 5.74) is 0. The zero-order valence-corrected chi connectivity index (χ0v) is 3.46. The third kappa shape index (κ3) is 4.70. The Balaban J connectivity index is 3.53. The van der Waals surface area contributed by atoms with Crippen LogP contribution in [-0.2, 0) is 4.79 Å². The summed E-state index contributed by atoms with van der Waals surface area (Å²) in [5, 5.41) is 15.5. The minimum absolute atomic E-state index is 0.778. The topological polar surface area (TPSA) is 61.1 Å². The minimum atomic E-state index is -1.10. The molecule has 0 spiro atoms. The average Bonchev–Trinajstić information content (AvgIpc) is 1.61. The van der Waals surface area contributed by atoms with Crippen LogP contribution >= 0.6 is 0 Å². The zero-order valence-electron chi connectivity index (χ0n) is 3.46. The first-order valence-corrected chi connectivity index (χ1v) is 1.56. The van der Waals surface area contributed by atoms with Gasteiger partial charge in [-0.05, 0) is 0 Å². The van der Waals surface area contributed by atoms with E-state index < -0.39 is 5.97 Å². The quantitative estimate of drug-likeness (QED) is 0.374. The van der Waals surface area contributed by atoms with Crippen molar-refractivity contribution >= 4 is 5.97 Å². The van der Waals surface area contributed by atoms with Gasteiger partial charge in [-0.1, -0.05) is 0 Å². The largest absolute Gasteiger partial charge is 0.478 e. The first kappa shape index (κ1) is 5.70. The van der Waals surface area contributed by atoms with Crippen molar-refractivity contribution in [1.82, 2.24) is 0 Å². The summed E-state index contributed by atoms with van der Waals surface area (Å²) in [4.78, 5) is 9.52. The molecule has 7 heavy (non-hydrogen) atoms. The standard InChI is InChI=1S/C4H3NO2/c5-3-1-2-4(6)7/h1-2H,(H,6,7)/b2-1+. The number of carbonyl (C=O) groups is 1. The number of aliphatic carboxylic acids is 1. The van der Waals surface area contributed by atoms with E-state index in [1.54, 1.807) is 0 Å². The fraction of sp³-hybridized carbons (Fsp3) is 0. The Morgan fingerprint density at radius 3 is 2.57 bits per heavy atom. The second kappa shape index (κ2) is 2.91. The van der Waals surface area contributed by atoms with Gasteiger partial charge in [0.1, 0.15) is 0 Å². The zero-order chi connectivity index (χ0) is 5.70. The third-order valence-corrected chi connectivity index (χ3v) is 0.300. The van der Waals surface area contributed by atoms with Gasteiger partial charge in [-0.2, -0.15) is 5.26 Å². The van der Waals surface area contributed by atoms with Crippen molar-refractivity contribution in [3.8, 4) is 6.07 Å². The van der Waals surface area contributed by atoms with Crippen LogP contribution in [0.25, 0.3) is 0 Å². The molecule has 0 aromatic rings. The maximum absolute atomic E-state index is 9.52. The number of carboxylic acid groups (broad SMARTS) is 1. The van der Waals surface area contributed by atoms with Gasteiger partial charge in [-0.3, -0.25) is 0 Å². The Morgan fingerprint density at radius 2 is 2.43 bits per heavy atom.